The first kappa shape index (κ1) is 72.3. The zero-order valence-electron chi connectivity index (χ0n) is 38.7. The molecule has 23 heteroatoms. The van der Waals surface area contributed by atoms with Crippen molar-refractivity contribution in [2.45, 2.75) is 20.8 Å². The molecule has 0 aliphatic heterocycles. The van der Waals surface area contributed by atoms with Crippen molar-refractivity contribution in [3.05, 3.63) is 180 Å². The minimum Gasteiger partial charge on any atom is -1.00 e. The zero-order valence-corrected chi connectivity index (χ0v) is 51.2. The molecule has 353 valence electrons. The largest absolute Gasteiger partial charge is 1.00 e. The quantitative estimate of drug-likeness (QED) is 0.0215. The van der Waals surface area contributed by atoms with E-state index in [2.05, 4.69) is 109 Å². The number of carboxylic acids is 2. The molecule has 0 unspecified atom stereocenters. The normalized spacial score (nSPS) is 9.62. The molecule has 7 aromatic carbocycles. The van der Waals surface area contributed by atoms with Crippen molar-refractivity contribution < 1.29 is 100 Å². The molecule has 7 aromatic rings. The van der Waals surface area contributed by atoms with Gasteiger partial charge in [0.15, 0.2) is 0 Å². The predicted molar refractivity (Wildman–Crippen MR) is 295 cm³/mol. The number of ketones is 1. The fourth-order valence-corrected chi connectivity index (χ4v) is 7.69. The van der Waals surface area contributed by atoms with Gasteiger partial charge >= 0.3 is 64.8 Å². The maximum atomic E-state index is 11.4. The number of hydrogen-bond donors (Lipinski definition) is 6. The third-order valence-electron chi connectivity index (χ3n) is 7.64. The SMILES string of the molecule is BrBr.CC(=O)O.CC(=O)O.CCO.Nc1c(Br)cc(Br)c2ccccc12.Nc1cccc2ccccc12.O=N[O-].Oc1cc(Br)c2ccccc2c1.[B].[H-].[N-]=[N+]=C1C(=O)C=C(Br)c2ccccc21.[Na+].[Na+]. The second-order valence-corrected chi connectivity index (χ2v) is 15.7. The summed E-state index contributed by atoms with van der Waals surface area (Å²) < 4.78 is 3.63. The maximum Gasteiger partial charge on any atom is 1.00 e. The van der Waals surface area contributed by atoms with E-state index in [1.165, 1.54) is 11.5 Å². The minimum atomic E-state index is -0.833. The number of fused-ring (bicyclic) bond motifs is 4. The summed E-state index contributed by atoms with van der Waals surface area (Å²) in [7, 11) is 0. The summed E-state index contributed by atoms with van der Waals surface area (Å²) in [6.07, 6.45) is 1.40. The predicted octanol–water partition coefficient (Wildman–Crippen LogP) is 7.56. The number of phenolic OH excluding ortho intramolecular Hbond substituents is 1. The first-order valence-electron chi connectivity index (χ1n) is 18.4. The van der Waals surface area contributed by atoms with E-state index in [1.807, 2.05) is 97.1 Å². The van der Waals surface area contributed by atoms with E-state index < -0.39 is 11.9 Å². The van der Waals surface area contributed by atoms with Crippen molar-refractivity contribution in [1.82, 2.24) is 0 Å². The van der Waals surface area contributed by atoms with Crippen LogP contribution in [0.25, 0.3) is 42.3 Å². The monoisotopic (exact) mass is 1340 g/mol. The average molecular weight is 1350 g/mol. The molecule has 0 heterocycles. The summed E-state index contributed by atoms with van der Waals surface area (Å²) in [6.45, 7) is 4.10. The van der Waals surface area contributed by atoms with Gasteiger partial charge in [-0.2, -0.15) is 4.79 Å². The summed E-state index contributed by atoms with van der Waals surface area (Å²) in [5.74, 6) is -1.67. The van der Waals surface area contributed by atoms with E-state index in [4.69, 9.17) is 52.0 Å². The number of aliphatic hydroxyl groups is 1. The van der Waals surface area contributed by atoms with Crippen molar-refractivity contribution >= 4 is 172 Å². The first-order valence-corrected chi connectivity index (χ1v) is 25.3. The summed E-state index contributed by atoms with van der Waals surface area (Å²) in [5, 5.41) is 47.4. The number of allylic oxidation sites excluding steroid dienone is 1. The van der Waals surface area contributed by atoms with Gasteiger partial charge in [0.1, 0.15) is 5.75 Å². The third-order valence-corrected chi connectivity index (χ3v) is 10.3. The number of nitrogens with zero attached hydrogens (tertiary/aromatic N) is 3. The van der Waals surface area contributed by atoms with Gasteiger partial charge in [-0.15, -0.1) is 5.34 Å². The first-order chi connectivity index (χ1) is 31.4. The zero-order chi connectivity index (χ0) is 50.4. The summed E-state index contributed by atoms with van der Waals surface area (Å²) in [4.78, 5) is 40.4. The van der Waals surface area contributed by atoms with Gasteiger partial charge in [-0.25, -0.2) is 0 Å². The van der Waals surface area contributed by atoms with E-state index in [9.17, 15) is 9.90 Å². The Morgan fingerprint density at radius 2 is 1.07 bits per heavy atom. The molecule has 0 spiro atoms. The number of nitrogen functional groups attached to an aromatic ring is 2. The van der Waals surface area contributed by atoms with E-state index in [0.29, 0.717) is 15.8 Å². The van der Waals surface area contributed by atoms with Crippen LogP contribution in [-0.4, -0.2) is 63.7 Å². The maximum absolute atomic E-state index is 11.4. The number of benzene rings is 7. The molecule has 0 aromatic heterocycles. The molecule has 0 saturated heterocycles. The number of anilines is 2. The molecule has 1 aliphatic carbocycles. The van der Waals surface area contributed by atoms with Gasteiger partial charge in [-0.1, -0.05) is 151 Å². The molecule has 1 aliphatic rings. The van der Waals surface area contributed by atoms with Crippen LogP contribution >= 0.6 is 92.0 Å². The molecule has 8 N–H and O–H groups in total. The van der Waals surface area contributed by atoms with E-state index >= 15 is 0 Å². The molecule has 69 heavy (non-hydrogen) atoms. The second kappa shape index (κ2) is 41.4. The Morgan fingerprint density at radius 3 is 1.57 bits per heavy atom. The van der Waals surface area contributed by atoms with Crippen LogP contribution in [0, 0.1) is 10.1 Å². The molecular formula is C46H43BBr6N5Na2O9. The van der Waals surface area contributed by atoms with Crippen molar-refractivity contribution in [3.8, 4) is 5.75 Å². The Hall–Kier alpha value is -3.25. The molecule has 0 bridgehead atoms. The van der Waals surface area contributed by atoms with Crippen LogP contribution < -0.4 is 70.6 Å². The van der Waals surface area contributed by atoms with Gasteiger partial charge in [0.2, 0.25) is 0 Å². The standard InChI is InChI=1S/C10H7Br2N.C10H5BrN2O.C10H7BrO.C10H9N.2C2H4O2.C2H6O.B.Br2.HNO2.2Na.H/c11-8-5-9(12)10(13)7-4-2-1-3-6(7)8;11-8-5-9(14)10(13-12)7-4-2-1-3-6(7)8;11-10-6-8(12)5-7-3-1-2-4-9(7)10;11-10-7-3-5-8-4-1-2-6-9(8)10;2*1-2(3)4;1-2-3;;1-2;2-1-3;;;/h1-5H,13H2;1-5H;1-6,12H;1-7H,11H2;2*1H3,(H,3,4);3H,2H2,1H3;;;(H,2,3);;;/q;;;;;;;;;;2*+1;-1/p-1. The van der Waals surface area contributed by atoms with E-state index in [0.717, 1.165) is 76.5 Å². The van der Waals surface area contributed by atoms with Crippen LogP contribution in [0.15, 0.2) is 158 Å². The Labute approximate surface area is 495 Å². The number of aliphatic hydroxyl groups excluding tert-OH is 1. The Bertz CT molecular complexity index is 2770. The topological polar surface area (TPSA) is 273 Å². The third kappa shape index (κ3) is 27.2. The Kier molecular flexibility index (Phi) is 43.4. The minimum absolute atomic E-state index is 0. The number of nitrogens with two attached hydrogens (primary N) is 2. The molecule has 8 rings (SSSR count). The molecule has 0 atom stereocenters. The van der Waals surface area contributed by atoms with Crippen LogP contribution in [0.1, 0.15) is 33.3 Å². The number of rotatable bonds is 0. The van der Waals surface area contributed by atoms with Crippen LogP contribution in [0.5, 0.6) is 5.75 Å². The summed E-state index contributed by atoms with van der Waals surface area (Å²) >= 11 is 19.1. The van der Waals surface area contributed by atoms with Crippen molar-refractivity contribution in [2.24, 2.45) is 5.34 Å². The molecule has 0 fully saturated rings. The number of carbonyl (C=O) groups excluding carboxylic acids is 1. The average Bonchev–Trinajstić information content (AvgIpc) is 3.28. The number of halogens is 6. The van der Waals surface area contributed by atoms with Gasteiger partial charge in [-0.3, -0.25) is 14.4 Å². The van der Waals surface area contributed by atoms with Crippen LogP contribution in [0.3, 0.4) is 0 Å². The van der Waals surface area contributed by atoms with Gasteiger partial charge in [0.25, 0.3) is 17.7 Å². The molecule has 0 saturated carbocycles. The number of aliphatic carboxylic acids is 2. The Morgan fingerprint density at radius 1 is 0.681 bits per heavy atom. The van der Waals surface area contributed by atoms with Crippen molar-refractivity contribution in [1.29, 1.82) is 0 Å². The summed E-state index contributed by atoms with van der Waals surface area (Å²) in [5.41, 5.74) is 23.6. The smallest absolute Gasteiger partial charge is 1.00 e. The number of aromatic hydroxyl groups is 1. The van der Waals surface area contributed by atoms with E-state index in [-0.39, 0.29) is 87.1 Å². The molecular weight excluding hydrogens is 1300 g/mol. The van der Waals surface area contributed by atoms with Crippen LogP contribution in [0.2, 0.25) is 0 Å². The van der Waals surface area contributed by atoms with Crippen LogP contribution in [-0.2, 0) is 14.4 Å². The van der Waals surface area contributed by atoms with Gasteiger partial charge in [-0.05, 0) is 74.7 Å². The molecule has 3 radical (unpaired) electrons. The van der Waals surface area contributed by atoms with E-state index in [1.54, 1.807) is 31.2 Å². The van der Waals surface area contributed by atoms with Gasteiger partial charge in [0, 0.05) is 103 Å². The van der Waals surface area contributed by atoms with Crippen molar-refractivity contribution in [3.63, 3.8) is 0 Å². The number of carboxylic acid groups (broad SMARTS) is 2. The van der Waals surface area contributed by atoms with Crippen LogP contribution in [0.4, 0.5) is 11.4 Å². The molecule has 0 amide bonds. The van der Waals surface area contributed by atoms with Crippen molar-refractivity contribution in [2.75, 3.05) is 18.1 Å². The number of carbonyl (C=O) groups is 3. The fourth-order valence-electron chi connectivity index (χ4n) is 5.22. The van der Waals surface area contributed by atoms with Gasteiger partial charge < -0.3 is 49.0 Å². The second-order valence-electron chi connectivity index (χ2n) is 12.3. The number of phenols is 1. The molecule has 14 nitrogen and oxygen atoms in total. The number of hydrogen-bond acceptors (Lipinski definition) is 10. The summed E-state index contributed by atoms with van der Waals surface area (Å²) in [6, 6.07) is 42.7. The fraction of sp³-hybridized carbons (Fsp3) is 0.0870. The Balaban J connectivity index is -0.000000240. The van der Waals surface area contributed by atoms with Gasteiger partial charge in [0.05, 0.1) is 11.3 Å².